The van der Waals surface area contributed by atoms with Crippen LogP contribution >= 0.6 is 0 Å². The summed E-state index contributed by atoms with van der Waals surface area (Å²) in [5.74, 6) is 0.778. The van der Waals surface area contributed by atoms with Crippen LogP contribution in [0.25, 0.3) is 0 Å². The molecular weight excluding hydrogens is 241 g/mol. The Labute approximate surface area is 94.6 Å². The minimum Gasteiger partial charge on any atom is -0.339 e. The van der Waals surface area contributed by atoms with Crippen molar-refractivity contribution in [3.63, 3.8) is 0 Å². The van der Waals surface area contributed by atoms with Crippen LogP contribution in [0.2, 0.25) is 0 Å². The van der Waals surface area contributed by atoms with E-state index < -0.39 is 18.8 Å². The Bertz CT molecular complexity index is 377. The molecule has 0 aliphatic carbocycles. The topological polar surface area (TPSA) is 80.0 Å². The van der Waals surface area contributed by atoms with E-state index in [1.165, 1.54) is 0 Å². The molecule has 2 amide bonds. The van der Waals surface area contributed by atoms with Gasteiger partial charge in [0.25, 0.3) is 0 Å². The zero-order chi connectivity index (χ0) is 12.9. The van der Waals surface area contributed by atoms with Gasteiger partial charge in [-0.25, -0.2) is 4.79 Å². The molecule has 1 rings (SSSR count). The van der Waals surface area contributed by atoms with Crippen molar-refractivity contribution in [2.45, 2.75) is 19.5 Å². The van der Waals surface area contributed by atoms with Crippen molar-refractivity contribution in [2.24, 2.45) is 0 Å². The van der Waals surface area contributed by atoms with Crippen molar-refractivity contribution in [3.8, 4) is 0 Å². The lowest BCUT2D eigenvalue weighted by molar-refractivity contribution is -0.122. The van der Waals surface area contributed by atoms with Crippen LogP contribution in [0.1, 0.15) is 11.7 Å². The summed E-state index contributed by atoms with van der Waals surface area (Å²) in [5, 5.41) is 7.43. The molecular formula is C8H11F3N4O2. The lowest BCUT2D eigenvalue weighted by Gasteiger charge is -2.08. The van der Waals surface area contributed by atoms with Gasteiger partial charge < -0.3 is 15.2 Å². The molecule has 0 unspecified atom stereocenters. The van der Waals surface area contributed by atoms with Crippen LogP contribution in [0, 0.1) is 6.92 Å². The monoisotopic (exact) mass is 252 g/mol. The third-order valence-electron chi connectivity index (χ3n) is 1.64. The Kier molecular flexibility index (Phi) is 4.30. The number of amides is 2. The third kappa shape index (κ3) is 5.73. The summed E-state index contributed by atoms with van der Waals surface area (Å²) in [6.07, 6.45) is -4.15. The van der Waals surface area contributed by atoms with Crippen LogP contribution in [-0.4, -0.2) is 35.4 Å². The van der Waals surface area contributed by atoms with Gasteiger partial charge in [-0.15, -0.1) is 0 Å². The molecule has 0 bridgehead atoms. The molecule has 1 aromatic rings. The highest BCUT2D eigenvalue weighted by molar-refractivity contribution is 5.73. The molecule has 1 aromatic heterocycles. The van der Waals surface area contributed by atoms with Crippen molar-refractivity contribution < 1.29 is 22.5 Å². The Balaban J connectivity index is 2.16. The van der Waals surface area contributed by atoms with Gasteiger partial charge in [0.05, 0.1) is 0 Å². The molecule has 0 saturated carbocycles. The molecule has 9 heteroatoms. The van der Waals surface area contributed by atoms with Crippen LogP contribution < -0.4 is 10.6 Å². The number of hydrogen-bond acceptors (Lipinski definition) is 4. The number of aryl methyl sites for hydroxylation is 1. The van der Waals surface area contributed by atoms with E-state index in [2.05, 4.69) is 15.5 Å². The van der Waals surface area contributed by atoms with E-state index in [4.69, 9.17) is 4.52 Å². The molecule has 6 nitrogen and oxygen atoms in total. The minimum absolute atomic E-state index is 0.116. The minimum atomic E-state index is -4.42. The van der Waals surface area contributed by atoms with Crippen LogP contribution in [0.5, 0.6) is 0 Å². The second kappa shape index (κ2) is 5.51. The first-order chi connectivity index (χ1) is 7.87. The average Bonchev–Trinajstić information content (AvgIpc) is 2.60. The van der Waals surface area contributed by atoms with E-state index in [1.54, 1.807) is 12.2 Å². The zero-order valence-corrected chi connectivity index (χ0v) is 8.97. The van der Waals surface area contributed by atoms with Gasteiger partial charge in [-0.3, -0.25) is 0 Å². The molecule has 96 valence electrons. The number of rotatable bonds is 4. The van der Waals surface area contributed by atoms with Gasteiger partial charge in [-0.1, -0.05) is 5.16 Å². The summed E-state index contributed by atoms with van der Waals surface area (Å²) in [6, 6.07) is -0.890. The van der Waals surface area contributed by atoms with Crippen LogP contribution in [-0.2, 0) is 6.42 Å². The maximum Gasteiger partial charge on any atom is 0.405 e. The van der Waals surface area contributed by atoms with Crippen molar-refractivity contribution in [2.75, 3.05) is 13.1 Å². The number of carbonyl (C=O) groups is 1. The third-order valence-corrected chi connectivity index (χ3v) is 1.64. The number of nitrogens with one attached hydrogen (secondary N) is 2. The largest absolute Gasteiger partial charge is 0.405 e. The zero-order valence-electron chi connectivity index (χ0n) is 8.97. The lowest BCUT2D eigenvalue weighted by Crippen LogP contribution is -2.41. The number of carbonyl (C=O) groups excluding carboxylic acids is 1. The van der Waals surface area contributed by atoms with Crippen LogP contribution in [0.3, 0.4) is 0 Å². The fourth-order valence-corrected chi connectivity index (χ4v) is 0.968. The fourth-order valence-electron chi connectivity index (χ4n) is 0.968. The van der Waals surface area contributed by atoms with Crippen molar-refractivity contribution in [1.29, 1.82) is 0 Å². The number of nitrogens with zero attached hydrogens (tertiary/aromatic N) is 2. The van der Waals surface area contributed by atoms with Crippen molar-refractivity contribution in [3.05, 3.63) is 11.7 Å². The van der Waals surface area contributed by atoms with Crippen molar-refractivity contribution >= 4 is 6.03 Å². The van der Waals surface area contributed by atoms with Gasteiger partial charge in [-0.2, -0.15) is 18.2 Å². The van der Waals surface area contributed by atoms with Gasteiger partial charge in [0.1, 0.15) is 6.54 Å². The van der Waals surface area contributed by atoms with E-state index in [0.717, 1.165) is 0 Å². The standard InChI is InChI=1S/C8H11F3N4O2/c1-5-14-6(17-15-5)2-3-12-7(16)13-4-8(9,10)11/h2-4H2,1H3,(H2,12,13,16). The second-order valence-electron chi connectivity index (χ2n) is 3.21. The number of aromatic nitrogens is 2. The molecule has 0 atom stereocenters. The first-order valence-electron chi connectivity index (χ1n) is 4.74. The number of alkyl halides is 3. The molecule has 1 heterocycles. The second-order valence-corrected chi connectivity index (χ2v) is 3.21. The van der Waals surface area contributed by atoms with Gasteiger partial charge in [0.15, 0.2) is 5.82 Å². The van der Waals surface area contributed by atoms with Crippen LogP contribution in [0.4, 0.5) is 18.0 Å². The molecule has 17 heavy (non-hydrogen) atoms. The molecule has 0 aliphatic heterocycles. The molecule has 2 N–H and O–H groups in total. The molecule has 0 fully saturated rings. The van der Waals surface area contributed by atoms with E-state index in [1.807, 2.05) is 0 Å². The van der Waals surface area contributed by atoms with Crippen LogP contribution in [0.15, 0.2) is 4.52 Å². The predicted molar refractivity (Wildman–Crippen MR) is 50.2 cm³/mol. The highest BCUT2D eigenvalue weighted by atomic mass is 19.4. The highest BCUT2D eigenvalue weighted by Crippen LogP contribution is 2.11. The summed E-state index contributed by atoms with van der Waals surface area (Å²) >= 11 is 0. The van der Waals surface area contributed by atoms with Crippen molar-refractivity contribution in [1.82, 2.24) is 20.8 Å². The number of halogens is 3. The van der Waals surface area contributed by atoms with E-state index in [9.17, 15) is 18.0 Å². The first kappa shape index (κ1) is 13.3. The molecule has 0 aliphatic rings. The fraction of sp³-hybridized carbons (Fsp3) is 0.625. The quantitative estimate of drug-likeness (QED) is 0.829. The molecule has 0 saturated heterocycles. The average molecular weight is 252 g/mol. The van der Waals surface area contributed by atoms with E-state index >= 15 is 0 Å². The lowest BCUT2D eigenvalue weighted by atomic mass is 10.4. The van der Waals surface area contributed by atoms with E-state index in [-0.39, 0.29) is 13.0 Å². The van der Waals surface area contributed by atoms with Gasteiger partial charge in [0.2, 0.25) is 5.89 Å². The molecule has 0 spiro atoms. The Morgan fingerprint density at radius 3 is 2.65 bits per heavy atom. The highest BCUT2D eigenvalue weighted by Gasteiger charge is 2.27. The first-order valence-corrected chi connectivity index (χ1v) is 4.74. The Morgan fingerprint density at radius 2 is 2.12 bits per heavy atom. The Hall–Kier alpha value is -1.80. The normalized spacial score (nSPS) is 11.3. The number of hydrogen-bond donors (Lipinski definition) is 2. The number of urea groups is 1. The predicted octanol–water partition coefficient (Wildman–Crippen LogP) is 0.782. The van der Waals surface area contributed by atoms with Gasteiger partial charge in [-0.05, 0) is 6.92 Å². The summed E-state index contributed by atoms with van der Waals surface area (Å²) in [4.78, 5) is 14.8. The summed E-state index contributed by atoms with van der Waals surface area (Å²) in [7, 11) is 0. The maximum absolute atomic E-state index is 11.7. The molecule has 0 aromatic carbocycles. The van der Waals surface area contributed by atoms with Gasteiger partial charge in [0, 0.05) is 13.0 Å². The smallest absolute Gasteiger partial charge is 0.339 e. The summed E-state index contributed by atoms with van der Waals surface area (Å²) in [5.41, 5.74) is 0. The van der Waals surface area contributed by atoms with Gasteiger partial charge >= 0.3 is 12.2 Å². The Morgan fingerprint density at radius 1 is 1.41 bits per heavy atom. The molecule has 0 radical (unpaired) electrons. The SMILES string of the molecule is Cc1noc(CCNC(=O)NCC(F)(F)F)n1. The maximum atomic E-state index is 11.7. The summed E-state index contributed by atoms with van der Waals surface area (Å²) < 4.78 is 39.9. The summed E-state index contributed by atoms with van der Waals surface area (Å²) in [6.45, 7) is 0.389. The van der Waals surface area contributed by atoms with E-state index in [0.29, 0.717) is 11.7 Å².